The van der Waals surface area contributed by atoms with E-state index in [-0.39, 0.29) is 24.6 Å². The maximum Gasteiger partial charge on any atom is 0.573 e. The van der Waals surface area contributed by atoms with E-state index in [0.29, 0.717) is 17.7 Å². The van der Waals surface area contributed by atoms with E-state index < -0.39 is 18.3 Å². The van der Waals surface area contributed by atoms with E-state index >= 15 is 0 Å². The Labute approximate surface area is 157 Å². The minimum Gasteiger partial charge on any atom is -0.406 e. The van der Waals surface area contributed by atoms with E-state index in [1.807, 2.05) is 0 Å². The number of rotatable bonds is 6. The summed E-state index contributed by atoms with van der Waals surface area (Å²) in [4.78, 5) is 17.3. The third-order valence-electron chi connectivity index (χ3n) is 3.99. The maximum atomic E-state index is 13.3. The minimum absolute atomic E-state index is 0.221. The van der Waals surface area contributed by atoms with E-state index in [9.17, 15) is 22.4 Å². The highest BCUT2D eigenvalue weighted by Gasteiger charge is 2.31. The van der Waals surface area contributed by atoms with Gasteiger partial charge >= 0.3 is 6.36 Å². The van der Waals surface area contributed by atoms with Crippen molar-refractivity contribution < 1.29 is 31.9 Å². The fourth-order valence-corrected chi connectivity index (χ4v) is 2.66. The van der Waals surface area contributed by atoms with Crippen LogP contribution in [-0.4, -0.2) is 30.6 Å². The van der Waals surface area contributed by atoms with Gasteiger partial charge in [0.2, 0.25) is 6.10 Å². The second-order valence-electron chi connectivity index (χ2n) is 6.08. The summed E-state index contributed by atoms with van der Waals surface area (Å²) in [6.45, 7) is 0.271. The van der Waals surface area contributed by atoms with Crippen molar-refractivity contribution >= 4 is 11.6 Å². The zero-order chi connectivity index (χ0) is 20.1. The van der Waals surface area contributed by atoms with Crippen molar-refractivity contribution in [1.29, 1.82) is 0 Å². The summed E-state index contributed by atoms with van der Waals surface area (Å²) in [6, 6.07) is 11.3. The van der Waals surface area contributed by atoms with Gasteiger partial charge in [0, 0.05) is 18.5 Å². The third-order valence-corrected chi connectivity index (χ3v) is 3.99. The summed E-state index contributed by atoms with van der Waals surface area (Å²) in [5.74, 6) is -1.08. The van der Waals surface area contributed by atoms with E-state index in [4.69, 9.17) is 4.84 Å². The number of halogens is 4. The SMILES string of the molecule is O=C(NCCc1ccc(OC(F)(F)F)cc1)C1CC(c2cccc(F)c2)=NO1. The van der Waals surface area contributed by atoms with Gasteiger partial charge in [-0.2, -0.15) is 0 Å². The molecule has 2 aromatic rings. The molecular formula is C19H16F4N2O3. The Hall–Kier alpha value is -3.10. The predicted octanol–water partition coefficient (Wildman–Crippen LogP) is 3.58. The number of nitrogens with one attached hydrogen (secondary N) is 1. The molecule has 28 heavy (non-hydrogen) atoms. The van der Waals surface area contributed by atoms with Crippen LogP contribution in [-0.2, 0) is 16.1 Å². The van der Waals surface area contributed by atoms with Crippen LogP contribution in [0.2, 0.25) is 0 Å². The van der Waals surface area contributed by atoms with Crippen LogP contribution < -0.4 is 10.1 Å². The van der Waals surface area contributed by atoms with E-state index in [1.54, 1.807) is 12.1 Å². The van der Waals surface area contributed by atoms with Crippen molar-refractivity contribution in [2.45, 2.75) is 25.3 Å². The molecule has 148 valence electrons. The summed E-state index contributed by atoms with van der Waals surface area (Å²) < 4.78 is 53.5. The molecule has 0 saturated carbocycles. The monoisotopic (exact) mass is 396 g/mol. The molecule has 0 radical (unpaired) electrons. The Bertz CT molecular complexity index is 866. The molecule has 0 saturated heterocycles. The van der Waals surface area contributed by atoms with Crippen molar-refractivity contribution in [2.75, 3.05) is 6.54 Å². The molecule has 3 rings (SSSR count). The first-order valence-corrected chi connectivity index (χ1v) is 8.41. The number of ether oxygens (including phenoxy) is 1. The Kier molecular flexibility index (Phi) is 5.81. The van der Waals surface area contributed by atoms with Crippen LogP contribution in [0.15, 0.2) is 53.7 Å². The Morgan fingerprint density at radius 2 is 1.96 bits per heavy atom. The van der Waals surface area contributed by atoms with Crippen LogP contribution in [0.5, 0.6) is 5.75 Å². The van der Waals surface area contributed by atoms with Crippen LogP contribution in [0.3, 0.4) is 0 Å². The highest BCUT2D eigenvalue weighted by Crippen LogP contribution is 2.23. The van der Waals surface area contributed by atoms with E-state index in [2.05, 4.69) is 15.2 Å². The molecule has 0 spiro atoms. The first-order chi connectivity index (χ1) is 13.3. The second kappa shape index (κ2) is 8.28. The zero-order valence-corrected chi connectivity index (χ0v) is 14.5. The molecule has 1 amide bonds. The van der Waals surface area contributed by atoms with Gasteiger partial charge in [-0.3, -0.25) is 4.79 Å². The lowest BCUT2D eigenvalue weighted by atomic mass is 10.0. The number of benzene rings is 2. The molecule has 1 aliphatic rings. The van der Waals surface area contributed by atoms with Crippen molar-refractivity contribution in [3.05, 3.63) is 65.5 Å². The van der Waals surface area contributed by atoms with E-state index in [1.165, 1.54) is 36.4 Å². The van der Waals surface area contributed by atoms with Gasteiger partial charge in [-0.1, -0.05) is 29.4 Å². The molecule has 1 atom stereocenters. The van der Waals surface area contributed by atoms with E-state index in [0.717, 1.165) is 5.56 Å². The normalized spacial score (nSPS) is 16.3. The average molecular weight is 396 g/mol. The number of hydrogen-bond donors (Lipinski definition) is 1. The first kappa shape index (κ1) is 19.7. The maximum absolute atomic E-state index is 13.3. The second-order valence-corrected chi connectivity index (χ2v) is 6.08. The lowest BCUT2D eigenvalue weighted by Crippen LogP contribution is -2.36. The van der Waals surface area contributed by atoms with Gasteiger partial charge in [-0.05, 0) is 36.2 Å². The molecule has 0 bridgehead atoms. The number of hydrogen-bond acceptors (Lipinski definition) is 4. The molecular weight excluding hydrogens is 380 g/mol. The molecule has 0 fully saturated rings. The fraction of sp³-hybridized carbons (Fsp3) is 0.263. The summed E-state index contributed by atoms with van der Waals surface area (Å²) in [5.41, 5.74) is 1.77. The standard InChI is InChI=1S/C19H16F4N2O3/c20-14-3-1-2-13(10-14)16-11-17(28-25-16)18(26)24-9-8-12-4-6-15(7-5-12)27-19(21,22)23/h1-7,10,17H,8-9,11H2,(H,24,26). The first-order valence-electron chi connectivity index (χ1n) is 8.41. The van der Waals surface area contributed by atoms with Crippen LogP contribution in [0.1, 0.15) is 17.5 Å². The molecule has 5 nitrogen and oxygen atoms in total. The molecule has 1 N–H and O–H groups in total. The molecule has 0 aliphatic carbocycles. The summed E-state index contributed by atoms with van der Waals surface area (Å²) >= 11 is 0. The third kappa shape index (κ3) is 5.45. The Morgan fingerprint density at radius 1 is 1.21 bits per heavy atom. The molecule has 2 aromatic carbocycles. The Balaban J connectivity index is 1.44. The molecule has 1 heterocycles. The van der Waals surface area contributed by atoms with Gasteiger partial charge in [0.25, 0.3) is 5.91 Å². The predicted molar refractivity (Wildman–Crippen MR) is 92.3 cm³/mol. The highest BCUT2D eigenvalue weighted by atomic mass is 19.4. The van der Waals surface area contributed by atoms with Gasteiger partial charge in [0.1, 0.15) is 11.6 Å². The van der Waals surface area contributed by atoms with Crippen molar-refractivity contribution in [2.24, 2.45) is 5.16 Å². The lowest BCUT2D eigenvalue weighted by Gasteiger charge is -2.11. The highest BCUT2D eigenvalue weighted by molar-refractivity contribution is 6.04. The van der Waals surface area contributed by atoms with Crippen LogP contribution in [0, 0.1) is 5.82 Å². The summed E-state index contributed by atoms with van der Waals surface area (Å²) in [5, 5.41) is 6.52. The number of alkyl halides is 3. The topological polar surface area (TPSA) is 59.9 Å². The summed E-state index contributed by atoms with van der Waals surface area (Å²) in [6.07, 6.45) is -4.90. The average Bonchev–Trinajstić information content (AvgIpc) is 3.12. The number of carbonyl (C=O) groups is 1. The molecule has 9 heteroatoms. The number of nitrogens with zero attached hydrogens (tertiary/aromatic N) is 1. The molecule has 0 aromatic heterocycles. The minimum atomic E-state index is -4.73. The van der Waals surface area contributed by atoms with Crippen molar-refractivity contribution in [3.63, 3.8) is 0 Å². The largest absolute Gasteiger partial charge is 0.573 e. The lowest BCUT2D eigenvalue weighted by molar-refractivity contribution is -0.274. The smallest absolute Gasteiger partial charge is 0.406 e. The fourth-order valence-electron chi connectivity index (χ4n) is 2.66. The quantitative estimate of drug-likeness (QED) is 0.760. The van der Waals surface area contributed by atoms with Crippen LogP contribution in [0.4, 0.5) is 17.6 Å². The van der Waals surface area contributed by atoms with Crippen LogP contribution >= 0.6 is 0 Å². The van der Waals surface area contributed by atoms with Crippen molar-refractivity contribution in [1.82, 2.24) is 5.32 Å². The molecule has 1 aliphatic heterocycles. The van der Waals surface area contributed by atoms with Crippen LogP contribution in [0.25, 0.3) is 0 Å². The van der Waals surface area contributed by atoms with Gasteiger partial charge in [0.05, 0.1) is 5.71 Å². The molecule has 1 unspecified atom stereocenters. The van der Waals surface area contributed by atoms with Crippen molar-refractivity contribution in [3.8, 4) is 5.75 Å². The van der Waals surface area contributed by atoms with Gasteiger partial charge in [-0.25, -0.2) is 4.39 Å². The Morgan fingerprint density at radius 3 is 2.64 bits per heavy atom. The number of oxime groups is 1. The summed E-state index contributed by atoms with van der Waals surface area (Å²) in [7, 11) is 0. The zero-order valence-electron chi connectivity index (χ0n) is 14.5. The van der Waals surface area contributed by atoms with Gasteiger partial charge < -0.3 is 14.9 Å². The van der Waals surface area contributed by atoms with Gasteiger partial charge in [0.15, 0.2) is 0 Å². The number of carbonyl (C=O) groups excluding carboxylic acids is 1. The number of amides is 1. The van der Waals surface area contributed by atoms with Gasteiger partial charge in [-0.15, -0.1) is 13.2 Å².